The number of rotatable bonds is 6. The molecule has 0 spiro atoms. The first-order valence-electron chi connectivity index (χ1n) is 10.2. The Morgan fingerprint density at radius 3 is 2.59 bits per heavy atom. The van der Waals surface area contributed by atoms with Crippen molar-refractivity contribution in [3.05, 3.63) is 56.2 Å². The molecule has 2 N–H and O–H groups in total. The van der Waals surface area contributed by atoms with Crippen LogP contribution in [0.2, 0.25) is 0 Å². The van der Waals surface area contributed by atoms with E-state index < -0.39 is 5.69 Å². The van der Waals surface area contributed by atoms with Gasteiger partial charge in [0.15, 0.2) is 16.3 Å². The fraction of sp³-hybridized carbons (Fsp3) is 0.476. The van der Waals surface area contributed by atoms with E-state index in [2.05, 4.69) is 41.2 Å². The van der Waals surface area contributed by atoms with Crippen LogP contribution in [0, 0.1) is 6.92 Å². The molecule has 0 atom stereocenters. The van der Waals surface area contributed by atoms with Gasteiger partial charge in [-0.2, -0.15) is 0 Å². The molecule has 1 fully saturated rings. The molecule has 0 bridgehead atoms. The van der Waals surface area contributed by atoms with Crippen molar-refractivity contribution >= 4 is 22.9 Å². The topological polar surface area (TPSA) is 77.1 Å². The van der Waals surface area contributed by atoms with Gasteiger partial charge in [0.2, 0.25) is 0 Å². The minimum atomic E-state index is -0.434. The Morgan fingerprint density at radius 2 is 1.86 bits per heavy atom. The summed E-state index contributed by atoms with van der Waals surface area (Å²) < 4.78 is 3.37. The number of aryl methyl sites for hydroxylation is 2. The number of nitrogens with zero attached hydrogens (tertiary/aromatic N) is 3. The van der Waals surface area contributed by atoms with Crippen LogP contribution in [0.1, 0.15) is 30.4 Å². The van der Waals surface area contributed by atoms with Gasteiger partial charge in [0.05, 0.1) is 31.9 Å². The number of quaternary nitrogens is 1. The Labute approximate surface area is 173 Å². The monoisotopic (exact) mass is 414 g/mol. The molecule has 0 saturated carbocycles. The lowest BCUT2D eigenvalue weighted by Gasteiger charge is -2.23. The van der Waals surface area contributed by atoms with Gasteiger partial charge >= 0.3 is 5.69 Å². The Kier molecular flexibility index (Phi) is 5.91. The van der Waals surface area contributed by atoms with Gasteiger partial charge in [-0.15, -0.1) is 0 Å². The summed E-state index contributed by atoms with van der Waals surface area (Å²) in [7, 11) is 1.65. The molecule has 1 aliphatic heterocycles. The Balaban J connectivity index is 1.66. The lowest BCUT2D eigenvalue weighted by atomic mass is 10.1. The second-order valence-electron chi connectivity index (χ2n) is 7.87. The number of likely N-dealkylation sites (tertiary alicyclic amines) is 1. The van der Waals surface area contributed by atoms with Crippen molar-refractivity contribution < 1.29 is 4.90 Å². The van der Waals surface area contributed by atoms with Gasteiger partial charge < -0.3 is 9.47 Å². The molecule has 3 aromatic rings. The number of hydrogen-bond acceptors (Lipinski definition) is 4. The zero-order valence-electron chi connectivity index (χ0n) is 17.0. The fourth-order valence-electron chi connectivity index (χ4n) is 3.94. The molecule has 8 heteroatoms. The highest BCUT2D eigenvalue weighted by molar-refractivity contribution is 7.99. The molecule has 2 aromatic heterocycles. The van der Waals surface area contributed by atoms with Gasteiger partial charge in [0, 0.05) is 7.05 Å². The van der Waals surface area contributed by atoms with Crippen LogP contribution in [0.25, 0.3) is 11.2 Å². The van der Waals surface area contributed by atoms with E-state index in [4.69, 9.17) is 0 Å². The number of hydrogen-bond donors (Lipinski definition) is 2. The van der Waals surface area contributed by atoms with Gasteiger partial charge in [-0.05, 0) is 31.7 Å². The van der Waals surface area contributed by atoms with Crippen molar-refractivity contribution in [1.82, 2.24) is 19.1 Å². The summed E-state index contributed by atoms with van der Waals surface area (Å²) >= 11 is 1.67. The summed E-state index contributed by atoms with van der Waals surface area (Å²) in [6, 6.07) is 8.29. The molecule has 1 aromatic carbocycles. The molecule has 1 saturated heterocycles. The highest BCUT2D eigenvalue weighted by atomic mass is 32.2. The predicted molar refractivity (Wildman–Crippen MR) is 116 cm³/mol. The third-order valence-electron chi connectivity index (χ3n) is 5.68. The maximum Gasteiger partial charge on any atom is 0.329 e. The standard InChI is InChI=1S/C21H27N5O2S/c1-15-6-8-16(9-7-15)14-26-17-18(24(2)20(28)23-19(17)27)22-21(26)29-13-12-25-10-4-3-5-11-25/h6-9H,3-5,10-14H2,1-2H3,(H,23,27,28)/p+1. The van der Waals surface area contributed by atoms with Crippen LogP contribution in [-0.2, 0) is 13.6 Å². The molecule has 0 unspecified atom stereocenters. The zero-order valence-corrected chi connectivity index (χ0v) is 17.8. The summed E-state index contributed by atoms with van der Waals surface area (Å²) in [6.07, 6.45) is 3.96. The molecule has 7 nitrogen and oxygen atoms in total. The first-order chi connectivity index (χ1) is 14.0. The molecule has 3 heterocycles. The SMILES string of the molecule is Cc1ccc(Cn2c(SCC[NH+]3CCCCC3)nc3c2c(=O)[nH]c(=O)n3C)cc1. The second kappa shape index (κ2) is 8.59. The van der Waals surface area contributed by atoms with Crippen LogP contribution in [0.5, 0.6) is 0 Å². The van der Waals surface area contributed by atoms with E-state index >= 15 is 0 Å². The Hall–Kier alpha value is -2.32. The summed E-state index contributed by atoms with van der Waals surface area (Å²) in [5, 5.41) is 0.795. The van der Waals surface area contributed by atoms with Crippen molar-refractivity contribution in [2.75, 3.05) is 25.4 Å². The fourth-order valence-corrected chi connectivity index (χ4v) is 4.97. The zero-order chi connectivity index (χ0) is 20.4. The van der Waals surface area contributed by atoms with Crippen molar-refractivity contribution in [3.8, 4) is 0 Å². The lowest BCUT2D eigenvalue weighted by molar-refractivity contribution is -0.902. The minimum absolute atomic E-state index is 0.379. The van der Waals surface area contributed by atoms with Gasteiger partial charge in [0.1, 0.15) is 0 Å². The second-order valence-corrected chi connectivity index (χ2v) is 8.93. The highest BCUT2D eigenvalue weighted by Crippen LogP contribution is 2.22. The van der Waals surface area contributed by atoms with Crippen molar-refractivity contribution in [1.29, 1.82) is 0 Å². The Bertz CT molecular complexity index is 1110. The number of nitrogens with one attached hydrogen (secondary N) is 2. The largest absolute Gasteiger partial charge is 0.334 e. The lowest BCUT2D eigenvalue weighted by Crippen LogP contribution is -3.13. The van der Waals surface area contributed by atoms with E-state index in [-0.39, 0.29) is 5.56 Å². The quantitative estimate of drug-likeness (QED) is 0.589. The average molecular weight is 415 g/mol. The maximum absolute atomic E-state index is 12.6. The van der Waals surface area contributed by atoms with Gasteiger partial charge in [-0.3, -0.25) is 14.3 Å². The predicted octanol–water partition coefficient (Wildman–Crippen LogP) is 0.941. The number of fused-ring (bicyclic) bond motifs is 1. The number of thioether (sulfide) groups is 1. The van der Waals surface area contributed by atoms with Gasteiger partial charge in [-0.25, -0.2) is 9.78 Å². The van der Waals surface area contributed by atoms with Crippen LogP contribution in [-0.4, -0.2) is 44.5 Å². The molecule has 4 rings (SSSR count). The van der Waals surface area contributed by atoms with E-state index in [1.165, 1.54) is 42.5 Å². The van der Waals surface area contributed by atoms with E-state index in [9.17, 15) is 9.59 Å². The van der Waals surface area contributed by atoms with Gasteiger partial charge in [0.25, 0.3) is 5.56 Å². The third-order valence-corrected chi connectivity index (χ3v) is 6.66. The molecule has 0 amide bonds. The molecule has 0 radical (unpaired) electrons. The van der Waals surface area contributed by atoms with Crippen LogP contribution >= 0.6 is 11.8 Å². The summed E-state index contributed by atoms with van der Waals surface area (Å²) in [5.41, 5.74) is 2.39. The van der Waals surface area contributed by atoms with Crippen LogP contribution in [0.15, 0.2) is 39.0 Å². The minimum Gasteiger partial charge on any atom is -0.334 e. The summed E-state index contributed by atoms with van der Waals surface area (Å²) in [4.78, 5) is 33.4. The van der Waals surface area contributed by atoms with E-state index in [0.717, 1.165) is 23.0 Å². The van der Waals surface area contributed by atoms with Gasteiger partial charge in [-0.1, -0.05) is 41.6 Å². The Morgan fingerprint density at radius 1 is 1.14 bits per heavy atom. The average Bonchev–Trinajstić information content (AvgIpc) is 3.08. The molecule has 29 heavy (non-hydrogen) atoms. The van der Waals surface area contributed by atoms with Crippen LogP contribution < -0.4 is 16.1 Å². The van der Waals surface area contributed by atoms with E-state index in [1.54, 1.807) is 23.7 Å². The number of imidazole rings is 1. The van der Waals surface area contributed by atoms with E-state index in [1.807, 2.05) is 4.57 Å². The number of benzene rings is 1. The van der Waals surface area contributed by atoms with E-state index in [0.29, 0.717) is 17.7 Å². The summed E-state index contributed by atoms with van der Waals surface area (Å²) in [6.45, 7) is 6.19. The van der Waals surface area contributed by atoms with Crippen LogP contribution in [0.3, 0.4) is 0 Å². The smallest absolute Gasteiger partial charge is 0.329 e. The van der Waals surface area contributed by atoms with Crippen molar-refractivity contribution in [3.63, 3.8) is 0 Å². The molecule has 1 aliphatic rings. The van der Waals surface area contributed by atoms with Crippen LogP contribution in [0.4, 0.5) is 0 Å². The highest BCUT2D eigenvalue weighted by Gasteiger charge is 2.19. The number of piperidine rings is 1. The third kappa shape index (κ3) is 4.33. The number of aromatic nitrogens is 4. The maximum atomic E-state index is 12.6. The summed E-state index contributed by atoms with van der Waals surface area (Å²) in [5.74, 6) is 0.943. The normalized spacial score (nSPS) is 15.2. The first-order valence-corrected chi connectivity index (χ1v) is 11.2. The number of aromatic amines is 1. The van der Waals surface area contributed by atoms with Crippen molar-refractivity contribution in [2.45, 2.75) is 37.9 Å². The first kappa shape index (κ1) is 20.0. The van der Waals surface area contributed by atoms with Crippen molar-refractivity contribution in [2.24, 2.45) is 7.05 Å². The number of H-pyrrole nitrogens is 1. The molecular formula is C21H28N5O2S+. The molecule has 154 valence electrons. The molecular weight excluding hydrogens is 386 g/mol. The molecule has 0 aliphatic carbocycles.